The largest absolute Gasteiger partial charge is 0.383 e. The standard InChI is InChI=1S/C17H22ClN3/c1-2-9-20-16(11-13-5-7-15(18)8-6-13)12-14-4-3-10-21-17(14)19/h3-8,10,16,20H,2,9,11-12H2,1H3,(H2,19,21). The summed E-state index contributed by atoms with van der Waals surface area (Å²) >= 11 is 5.94. The Hall–Kier alpha value is -1.58. The molecular weight excluding hydrogens is 282 g/mol. The van der Waals surface area contributed by atoms with Gasteiger partial charge in [-0.3, -0.25) is 0 Å². The van der Waals surface area contributed by atoms with Gasteiger partial charge in [0.1, 0.15) is 5.82 Å². The maximum atomic E-state index is 5.95. The van der Waals surface area contributed by atoms with E-state index in [0.717, 1.165) is 36.4 Å². The molecule has 21 heavy (non-hydrogen) atoms. The first kappa shape index (κ1) is 15.8. The molecule has 1 aromatic heterocycles. The Morgan fingerprint density at radius 2 is 1.95 bits per heavy atom. The second-order valence-corrected chi connectivity index (χ2v) is 5.67. The van der Waals surface area contributed by atoms with Crippen LogP contribution in [0.3, 0.4) is 0 Å². The van der Waals surface area contributed by atoms with Crippen LogP contribution in [-0.2, 0) is 12.8 Å². The molecule has 0 fully saturated rings. The van der Waals surface area contributed by atoms with Gasteiger partial charge in [-0.2, -0.15) is 0 Å². The molecule has 1 aromatic carbocycles. The van der Waals surface area contributed by atoms with Crippen molar-refractivity contribution in [2.45, 2.75) is 32.2 Å². The monoisotopic (exact) mass is 303 g/mol. The number of nitrogens with one attached hydrogen (secondary N) is 1. The first-order chi connectivity index (χ1) is 10.2. The van der Waals surface area contributed by atoms with E-state index in [4.69, 9.17) is 17.3 Å². The molecule has 0 aliphatic carbocycles. The Kier molecular flexibility index (Phi) is 6.03. The fourth-order valence-electron chi connectivity index (χ4n) is 2.36. The van der Waals surface area contributed by atoms with Crippen LogP contribution in [0, 0.1) is 0 Å². The SMILES string of the molecule is CCCNC(Cc1ccc(Cl)cc1)Cc1cccnc1N. The summed E-state index contributed by atoms with van der Waals surface area (Å²) in [5.41, 5.74) is 8.33. The van der Waals surface area contributed by atoms with Gasteiger partial charge in [-0.1, -0.05) is 36.7 Å². The van der Waals surface area contributed by atoms with Gasteiger partial charge in [0.15, 0.2) is 0 Å². The molecule has 3 nitrogen and oxygen atoms in total. The zero-order chi connectivity index (χ0) is 15.1. The maximum absolute atomic E-state index is 5.95. The number of anilines is 1. The third-order valence-corrected chi connectivity index (χ3v) is 3.72. The van der Waals surface area contributed by atoms with Crippen LogP contribution in [0.2, 0.25) is 5.02 Å². The van der Waals surface area contributed by atoms with E-state index in [-0.39, 0.29) is 0 Å². The first-order valence-electron chi connectivity index (χ1n) is 7.36. The highest BCUT2D eigenvalue weighted by atomic mass is 35.5. The van der Waals surface area contributed by atoms with Crippen molar-refractivity contribution in [1.82, 2.24) is 10.3 Å². The summed E-state index contributed by atoms with van der Waals surface area (Å²) in [6.45, 7) is 3.17. The highest BCUT2D eigenvalue weighted by Gasteiger charge is 2.12. The minimum atomic E-state index is 0.345. The number of pyridine rings is 1. The normalized spacial score (nSPS) is 12.3. The molecule has 1 atom stereocenters. The molecule has 0 bridgehead atoms. The minimum absolute atomic E-state index is 0.345. The van der Waals surface area contributed by atoms with Gasteiger partial charge >= 0.3 is 0 Å². The van der Waals surface area contributed by atoms with Crippen LogP contribution < -0.4 is 11.1 Å². The Bertz CT molecular complexity index is 554. The van der Waals surface area contributed by atoms with Gasteiger partial charge in [-0.05, 0) is 55.1 Å². The zero-order valence-electron chi connectivity index (χ0n) is 12.3. The molecule has 0 aliphatic heterocycles. The zero-order valence-corrected chi connectivity index (χ0v) is 13.1. The lowest BCUT2D eigenvalue weighted by Gasteiger charge is -2.19. The highest BCUT2D eigenvalue weighted by molar-refractivity contribution is 6.30. The smallest absolute Gasteiger partial charge is 0.126 e. The summed E-state index contributed by atoms with van der Waals surface area (Å²) in [6, 6.07) is 12.4. The summed E-state index contributed by atoms with van der Waals surface area (Å²) in [6.07, 6.45) is 4.67. The number of aromatic nitrogens is 1. The van der Waals surface area contributed by atoms with Gasteiger partial charge < -0.3 is 11.1 Å². The van der Waals surface area contributed by atoms with E-state index in [1.54, 1.807) is 6.20 Å². The number of halogens is 1. The number of hydrogen-bond acceptors (Lipinski definition) is 3. The predicted octanol–water partition coefficient (Wildman–Crippen LogP) is 3.47. The molecule has 0 radical (unpaired) electrons. The van der Waals surface area contributed by atoms with E-state index in [1.165, 1.54) is 5.56 Å². The molecular formula is C17H22ClN3. The van der Waals surface area contributed by atoms with Crippen molar-refractivity contribution in [2.75, 3.05) is 12.3 Å². The molecule has 1 unspecified atom stereocenters. The molecule has 1 heterocycles. The van der Waals surface area contributed by atoms with Crippen LogP contribution in [0.25, 0.3) is 0 Å². The van der Waals surface area contributed by atoms with Gasteiger partial charge in [0, 0.05) is 17.3 Å². The number of nitrogens with zero attached hydrogens (tertiary/aromatic N) is 1. The fraction of sp³-hybridized carbons (Fsp3) is 0.353. The number of hydrogen-bond donors (Lipinski definition) is 2. The topological polar surface area (TPSA) is 50.9 Å². The van der Waals surface area contributed by atoms with Gasteiger partial charge in [0.25, 0.3) is 0 Å². The van der Waals surface area contributed by atoms with Gasteiger partial charge in [0.2, 0.25) is 0 Å². The molecule has 0 saturated carbocycles. The van der Waals surface area contributed by atoms with E-state index < -0.39 is 0 Å². The lowest BCUT2D eigenvalue weighted by Crippen LogP contribution is -2.34. The highest BCUT2D eigenvalue weighted by Crippen LogP contribution is 2.15. The Labute approximate surface area is 131 Å². The molecule has 3 N–H and O–H groups in total. The quantitative estimate of drug-likeness (QED) is 0.823. The fourth-order valence-corrected chi connectivity index (χ4v) is 2.48. The van der Waals surface area contributed by atoms with Crippen molar-refractivity contribution < 1.29 is 0 Å². The van der Waals surface area contributed by atoms with Crippen LogP contribution in [0.15, 0.2) is 42.6 Å². The maximum Gasteiger partial charge on any atom is 0.126 e. The van der Waals surface area contributed by atoms with E-state index >= 15 is 0 Å². The Morgan fingerprint density at radius 3 is 2.62 bits per heavy atom. The summed E-state index contributed by atoms with van der Waals surface area (Å²) in [4.78, 5) is 4.16. The van der Waals surface area contributed by atoms with Crippen molar-refractivity contribution in [3.8, 4) is 0 Å². The van der Waals surface area contributed by atoms with Crippen molar-refractivity contribution >= 4 is 17.4 Å². The molecule has 0 spiro atoms. The summed E-state index contributed by atoms with van der Waals surface area (Å²) < 4.78 is 0. The average Bonchev–Trinajstić information content (AvgIpc) is 2.49. The van der Waals surface area contributed by atoms with E-state index in [0.29, 0.717) is 11.9 Å². The van der Waals surface area contributed by atoms with E-state index in [9.17, 15) is 0 Å². The molecule has 2 aromatic rings. The van der Waals surface area contributed by atoms with Crippen molar-refractivity contribution in [1.29, 1.82) is 0 Å². The molecule has 0 amide bonds. The van der Waals surface area contributed by atoms with Crippen LogP contribution in [0.5, 0.6) is 0 Å². The molecule has 2 rings (SSSR count). The number of nitrogen functional groups attached to an aromatic ring is 1. The number of rotatable bonds is 7. The van der Waals surface area contributed by atoms with Crippen LogP contribution in [-0.4, -0.2) is 17.6 Å². The molecule has 112 valence electrons. The summed E-state index contributed by atoms with van der Waals surface area (Å²) in [5, 5.41) is 4.36. The molecule has 4 heteroatoms. The second kappa shape index (κ2) is 8.01. The Balaban J connectivity index is 2.07. The summed E-state index contributed by atoms with van der Waals surface area (Å²) in [5.74, 6) is 0.622. The van der Waals surface area contributed by atoms with Crippen LogP contribution in [0.4, 0.5) is 5.82 Å². The number of nitrogens with two attached hydrogens (primary N) is 1. The second-order valence-electron chi connectivity index (χ2n) is 5.23. The first-order valence-corrected chi connectivity index (χ1v) is 7.74. The Morgan fingerprint density at radius 1 is 1.19 bits per heavy atom. The minimum Gasteiger partial charge on any atom is -0.383 e. The predicted molar refractivity (Wildman–Crippen MR) is 89.6 cm³/mol. The third-order valence-electron chi connectivity index (χ3n) is 3.47. The van der Waals surface area contributed by atoms with E-state index in [2.05, 4.69) is 29.4 Å². The van der Waals surface area contributed by atoms with E-state index in [1.807, 2.05) is 24.3 Å². The van der Waals surface area contributed by atoms with Crippen molar-refractivity contribution in [2.24, 2.45) is 0 Å². The third kappa shape index (κ3) is 5.03. The summed E-state index contributed by atoms with van der Waals surface area (Å²) in [7, 11) is 0. The molecule has 0 aliphatic rings. The number of benzene rings is 1. The van der Waals surface area contributed by atoms with Crippen molar-refractivity contribution in [3.05, 3.63) is 58.7 Å². The molecule has 0 saturated heterocycles. The lowest BCUT2D eigenvalue weighted by atomic mass is 9.99. The average molecular weight is 304 g/mol. The van der Waals surface area contributed by atoms with Gasteiger partial charge in [-0.25, -0.2) is 4.98 Å². The van der Waals surface area contributed by atoms with Crippen LogP contribution >= 0.6 is 11.6 Å². The van der Waals surface area contributed by atoms with Gasteiger partial charge in [0.05, 0.1) is 0 Å². The van der Waals surface area contributed by atoms with Crippen molar-refractivity contribution in [3.63, 3.8) is 0 Å². The van der Waals surface area contributed by atoms with Crippen LogP contribution in [0.1, 0.15) is 24.5 Å². The lowest BCUT2D eigenvalue weighted by molar-refractivity contribution is 0.505. The van der Waals surface area contributed by atoms with Gasteiger partial charge in [-0.15, -0.1) is 0 Å².